The predicted molar refractivity (Wildman–Crippen MR) is 117 cm³/mol. The molecule has 0 bridgehead atoms. The fourth-order valence-corrected chi connectivity index (χ4v) is 3.58. The second-order valence-corrected chi connectivity index (χ2v) is 7.29. The molecule has 0 aliphatic rings. The Kier molecular flexibility index (Phi) is 7.31. The number of benzene rings is 2. The van der Waals surface area contributed by atoms with Gasteiger partial charge in [0.15, 0.2) is 0 Å². The first-order valence-corrected chi connectivity index (χ1v) is 9.92. The zero-order chi connectivity index (χ0) is 22.4. The minimum Gasteiger partial charge on any atom is -0.509 e. The lowest BCUT2D eigenvalue weighted by Crippen LogP contribution is -2.13. The van der Waals surface area contributed by atoms with Crippen molar-refractivity contribution in [3.63, 3.8) is 0 Å². The smallest absolute Gasteiger partial charge is 0.145 e. The van der Waals surface area contributed by atoms with E-state index in [1.54, 1.807) is 30.6 Å². The monoisotopic (exact) mass is 425 g/mol. The third-order valence-electron chi connectivity index (χ3n) is 5.16. The number of nitrogens with zero attached hydrogens (tertiary/aromatic N) is 3. The molecule has 0 aliphatic carbocycles. The molecule has 2 aromatic carbocycles. The van der Waals surface area contributed by atoms with Crippen molar-refractivity contribution in [3.05, 3.63) is 94.8 Å². The highest BCUT2D eigenvalue weighted by Gasteiger charge is 2.18. The maximum absolute atomic E-state index is 13.6. The Bertz CT molecular complexity index is 1070. The van der Waals surface area contributed by atoms with E-state index in [2.05, 4.69) is 9.98 Å². The molecule has 31 heavy (non-hydrogen) atoms. The summed E-state index contributed by atoms with van der Waals surface area (Å²) in [6.45, 7) is 2.39. The van der Waals surface area contributed by atoms with Crippen LogP contribution in [0, 0.1) is 18.6 Å². The first-order chi connectivity index (χ1) is 14.9. The van der Waals surface area contributed by atoms with E-state index >= 15 is 0 Å². The molecular formula is C24H25F2N3O2. The highest BCUT2D eigenvalue weighted by Crippen LogP contribution is 2.31. The Morgan fingerprint density at radius 2 is 1.87 bits per heavy atom. The third kappa shape index (κ3) is 5.64. The van der Waals surface area contributed by atoms with Gasteiger partial charge in [-0.3, -0.25) is 4.99 Å². The number of aliphatic hydroxyl groups excluding tert-OH is 2. The minimum absolute atomic E-state index is 0.0909. The fraction of sp³-hybridized carbons (Fsp3) is 0.250. The Balaban J connectivity index is 1.88. The van der Waals surface area contributed by atoms with Crippen molar-refractivity contribution in [2.75, 3.05) is 7.05 Å². The summed E-state index contributed by atoms with van der Waals surface area (Å²) in [5.74, 6) is -0.486. The summed E-state index contributed by atoms with van der Waals surface area (Å²) in [7, 11) is 1.50. The van der Waals surface area contributed by atoms with Crippen molar-refractivity contribution in [3.8, 4) is 0 Å². The van der Waals surface area contributed by atoms with E-state index in [0.717, 1.165) is 16.7 Å². The first-order valence-electron chi connectivity index (χ1n) is 9.92. The van der Waals surface area contributed by atoms with Gasteiger partial charge in [0, 0.05) is 44.2 Å². The van der Waals surface area contributed by atoms with Crippen LogP contribution in [0.2, 0.25) is 0 Å². The number of hydrogen-bond acceptors (Lipinski definition) is 4. The van der Waals surface area contributed by atoms with Crippen LogP contribution in [0.15, 0.2) is 65.6 Å². The molecule has 3 rings (SSSR count). The van der Waals surface area contributed by atoms with Crippen LogP contribution in [-0.4, -0.2) is 39.1 Å². The summed E-state index contributed by atoms with van der Waals surface area (Å²) in [6, 6.07) is 11.0. The van der Waals surface area contributed by atoms with Crippen LogP contribution in [0.1, 0.15) is 34.9 Å². The lowest BCUT2D eigenvalue weighted by atomic mass is 9.86. The Morgan fingerprint density at radius 3 is 2.55 bits per heavy atom. The number of imidazole rings is 1. The molecule has 0 aliphatic heterocycles. The maximum atomic E-state index is 13.6. The van der Waals surface area contributed by atoms with Gasteiger partial charge in [-0.25, -0.2) is 13.8 Å². The molecule has 0 radical (unpaired) electrons. The van der Waals surface area contributed by atoms with E-state index in [-0.39, 0.29) is 23.3 Å². The standard InChI is InChI=1S/C24H25F2N3O2/c1-16-13-19(26)7-8-20(16)21(17-3-5-18(25)6-4-17)9-11-29-12-10-28-24(29)14-22(30)23(31)15-27-2/h3-8,10,12-15,21,23,30-31H,9,11H2,1-2H3/b22-14-,27-15?/t21-,23?/m0/s1. The van der Waals surface area contributed by atoms with Gasteiger partial charge in [-0.2, -0.15) is 0 Å². The number of aliphatic hydroxyl groups is 2. The number of rotatable bonds is 8. The lowest BCUT2D eigenvalue weighted by Gasteiger charge is -2.21. The molecule has 0 amide bonds. The highest BCUT2D eigenvalue weighted by atomic mass is 19.1. The summed E-state index contributed by atoms with van der Waals surface area (Å²) < 4.78 is 29.0. The summed E-state index contributed by atoms with van der Waals surface area (Å²) in [5, 5.41) is 19.9. The van der Waals surface area contributed by atoms with Crippen molar-refractivity contribution in [2.45, 2.75) is 31.9 Å². The largest absolute Gasteiger partial charge is 0.509 e. The van der Waals surface area contributed by atoms with E-state index in [1.165, 1.54) is 43.6 Å². The van der Waals surface area contributed by atoms with Crippen LogP contribution in [0.3, 0.4) is 0 Å². The Labute approximate surface area is 180 Å². The van der Waals surface area contributed by atoms with Crippen molar-refractivity contribution < 1.29 is 19.0 Å². The lowest BCUT2D eigenvalue weighted by molar-refractivity contribution is 0.214. The molecule has 0 saturated heterocycles. The molecule has 162 valence electrons. The molecule has 3 aromatic rings. The second kappa shape index (κ2) is 10.1. The summed E-state index contributed by atoms with van der Waals surface area (Å²) in [5.41, 5.74) is 2.70. The zero-order valence-corrected chi connectivity index (χ0v) is 17.4. The van der Waals surface area contributed by atoms with Gasteiger partial charge in [0.25, 0.3) is 0 Å². The summed E-state index contributed by atoms with van der Waals surface area (Å²) in [4.78, 5) is 7.93. The SMILES string of the molecule is CN=CC(O)/C(O)=C/c1nccn1CC[C@@H](c1ccc(F)cc1)c1ccc(F)cc1C. The van der Waals surface area contributed by atoms with Crippen LogP contribution in [0.4, 0.5) is 8.78 Å². The van der Waals surface area contributed by atoms with Gasteiger partial charge in [-0.05, 0) is 54.3 Å². The third-order valence-corrected chi connectivity index (χ3v) is 5.16. The van der Waals surface area contributed by atoms with E-state index < -0.39 is 6.10 Å². The molecule has 5 nitrogen and oxygen atoms in total. The van der Waals surface area contributed by atoms with Crippen molar-refractivity contribution in [1.82, 2.24) is 9.55 Å². The predicted octanol–water partition coefficient (Wildman–Crippen LogP) is 4.65. The molecule has 1 unspecified atom stereocenters. The molecule has 1 heterocycles. The first kappa shape index (κ1) is 22.4. The average Bonchev–Trinajstić information content (AvgIpc) is 3.17. The number of hydrogen-bond donors (Lipinski definition) is 2. The number of aryl methyl sites for hydroxylation is 2. The van der Waals surface area contributed by atoms with Gasteiger partial charge in [-0.15, -0.1) is 0 Å². The fourth-order valence-electron chi connectivity index (χ4n) is 3.58. The van der Waals surface area contributed by atoms with Gasteiger partial charge in [0.2, 0.25) is 0 Å². The summed E-state index contributed by atoms with van der Waals surface area (Å²) in [6.07, 6.45) is 5.43. The zero-order valence-electron chi connectivity index (χ0n) is 17.4. The molecule has 2 atom stereocenters. The van der Waals surface area contributed by atoms with E-state index in [4.69, 9.17) is 0 Å². The van der Waals surface area contributed by atoms with Crippen LogP contribution < -0.4 is 0 Å². The van der Waals surface area contributed by atoms with Gasteiger partial charge in [0.05, 0.1) is 0 Å². The van der Waals surface area contributed by atoms with E-state index in [0.29, 0.717) is 18.8 Å². The van der Waals surface area contributed by atoms with Crippen molar-refractivity contribution in [2.24, 2.45) is 4.99 Å². The average molecular weight is 425 g/mol. The maximum Gasteiger partial charge on any atom is 0.145 e. The van der Waals surface area contributed by atoms with E-state index in [1.807, 2.05) is 11.5 Å². The van der Waals surface area contributed by atoms with Gasteiger partial charge >= 0.3 is 0 Å². The Morgan fingerprint density at radius 1 is 1.16 bits per heavy atom. The van der Waals surface area contributed by atoms with Gasteiger partial charge in [-0.1, -0.05) is 18.2 Å². The molecular weight excluding hydrogens is 400 g/mol. The van der Waals surface area contributed by atoms with Gasteiger partial charge < -0.3 is 14.8 Å². The minimum atomic E-state index is -1.20. The molecule has 0 fully saturated rings. The molecule has 1 aromatic heterocycles. The van der Waals surface area contributed by atoms with Crippen LogP contribution in [0.25, 0.3) is 6.08 Å². The van der Waals surface area contributed by atoms with Crippen molar-refractivity contribution in [1.29, 1.82) is 0 Å². The second-order valence-electron chi connectivity index (χ2n) is 7.29. The van der Waals surface area contributed by atoms with E-state index in [9.17, 15) is 19.0 Å². The van der Waals surface area contributed by atoms with Crippen LogP contribution in [-0.2, 0) is 6.54 Å². The quantitative estimate of drug-likeness (QED) is 0.408. The van der Waals surface area contributed by atoms with Crippen LogP contribution in [0.5, 0.6) is 0 Å². The molecule has 0 spiro atoms. The molecule has 7 heteroatoms. The molecule has 0 saturated carbocycles. The molecule has 2 N–H and O–H groups in total. The Hall–Kier alpha value is -3.32. The number of aliphatic imine (C=N–C) groups is 1. The van der Waals surface area contributed by atoms with Gasteiger partial charge in [0.1, 0.15) is 29.3 Å². The van der Waals surface area contributed by atoms with Crippen molar-refractivity contribution >= 4 is 12.3 Å². The number of aromatic nitrogens is 2. The topological polar surface area (TPSA) is 70.6 Å². The highest BCUT2D eigenvalue weighted by molar-refractivity contribution is 5.68. The van der Waals surface area contributed by atoms with Crippen LogP contribution >= 0.6 is 0 Å². The summed E-state index contributed by atoms with van der Waals surface area (Å²) >= 11 is 0. The normalized spacial score (nSPS) is 14.2. The number of halogens is 2.